The van der Waals surface area contributed by atoms with Crippen LogP contribution in [-0.4, -0.2) is 9.13 Å². The second-order valence-corrected chi connectivity index (χ2v) is 14.4. The van der Waals surface area contributed by atoms with E-state index in [4.69, 9.17) is 0 Å². The Hall–Kier alpha value is -6.42. The predicted octanol–water partition coefficient (Wildman–Crippen LogP) is 13.6. The third-order valence-electron chi connectivity index (χ3n) is 10.5. The molecule has 3 heterocycles. The van der Waals surface area contributed by atoms with E-state index in [1.165, 1.54) is 86.0 Å². The summed E-state index contributed by atoms with van der Waals surface area (Å²) in [5.74, 6) is 0. The minimum absolute atomic E-state index is 1.15. The van der Waals surface area contributed by atoms with Crippen molar-refractivity contribution in [3.63, 3.8) is 0 Å². The van der Waals surface area contributed by atoms with Crippen LogP contribution in [0.3, 0.4) is 0 Å². The van der Waals surface area contributed by atoms with Gasteiger partial charge in [0, 0.05) is 53.1 Å². The first-order valence-electron chi connectivity index (χ1n) is 17.4. The number of fused-ring (bicyclic) bond motifs is 10. The fraction of sp³-hybridized carbons (Fsp3) is 0. The molecule has 0 atom stereocenters. The van der Waals surface area contributed by atoms with E-state index >= 15 is 0 Å². The Balaban J connectivity index is 1.20. The van der Waals surface area contributed by atoms with E-state index in [2.05, 4.69) is 191 Å². The van der Waals surface area contributed by atoms with Gasteiger partial charge in [-0.3, -0.25) is 0 Å². The van der Waals surface area contributed by atoms with Gasteiger partial charge in [0.15, 0.2) is 0 Å². The number of aromatic nitrogens is 2. The first kappa shape index (κ1) is 28.4. The van der Waals surface area contributed by atoms with Gasteiger partial charge in [-0.05, 0) is 76.9 Å². The third kappa shape index (κ3) is 4.29. The molecule has 0 aliphatic rings. The molecule has 2 nitrogen and oxygen atoms in total. The molecule has 0 aliphatic carbocycles. The lowest BCUT2D eigenvalue weighted by Crippen LogP contribution is -1.97. The normalized spacial score (nSPS) is 11.9. The van der Waals surface area contributed by atoms with Crippen LogP contribution in [0.4, 0.5) is 0 Å². The van der Waals surface area contributed by atoms with Gasteiger partial charge in [0.1, 0.15) is 0 Å². The van der Waals surface area contributed by atoms with Crippen molar-refractivity contribution in [3.05, 3.63) is 182 Å². The van der Waals surface area contributed by atoms with Crippen molar-refractivity contribution in [1.82, 2.24) is 9.13 Å². The van der Waals surface area contributed by atoms with Gasteiger partial charge in [0.05, 0.1) is 22.1 Å². The molecule has 3 heteroatoms. The van der Waals surface area contributed by atoms with Crippen LogP contribution >= 0.6 is 11.3 Å². The molecule has 0 bridgehead atoms. The average molecular weight is 667 g/mol. The van der Waals surface area contributed by atoms with Crippen molar-refractivity contribution in [2.75, 3.05) is 0 Å². The van der Waals surface area contributed by atoms with Gasteiger partial charge in [-0.25, -0.2) is 0 Å². The zero-order valence-corrected chi connectivity index (χ0v) is 28.4. The summed E-state index contributed by atoms with van der Waals surface area (Å²) < 4.78 is 7.54. The van der Waals surface area contributed by atoms with Gasteiger partial charge < -0.3 is 9.13 Å². The first-order chi connectivity index (χ1) is 25.3. The number of nitrogens with zero attached hydrogens (tertiary/aromatic N) is 2. The van der Waals surface area contributed by atoms with Crippen molar-refractivity contribution < 1.29 is 0 Å². The van der Waals surface area contributed by atoms with E-state index in [1.807, 2.05) is 11.3 Å². The summed E-state index contributed by atoms with van der Waals surface area (Å²) in [6.07, 6.45) is 0. The minimum Gasteiger partial charge on any atom is -0.309 e. The van der Waals surface area contributed by atoms with E-state index in [1.54, 1.807) is 0 Å². The Morgan fingerprint density at radius 3 is 1.57 bits per heavy atom. The second-order valence-electron chi connectivity index (χ2n) is 13.3. The van der Waals surface area contributed by atoms with Crippen LogP contribution in [0.5, 0.6) is 0 Å². The summed E-state index contributed by atoms with van der Waals surface area (Å²) in [4.78, 5) is 0. The summed E-state index contributed by atoms with van der Waals surface area (Å²) >= 11 is 1.91. The molecule has 51 heavy (non-hydrogen) atoms. The van der Waals surface area contributed by atoms with Crippen molar-refractivity contribution in [2.45, 2.75) is 0 Å². The highest BCUT2D eigenvalue weighted by Crippen LogP contribution is 2.45. The van der Waals surface area contributed by atoms with Crippen LogP contribution in [0.25, 0.3) is 97.4 Å². The maximum Gasteiger partial charge on any atom is 0.0562 e. The van der Waals surface area contributed by atoms with Crippen LogP contribution in [0.15, 0.2) is 182 Å². The van der Waals surface area contributed by atoms with Crippen LogP contribution < -0.4 is 0 Å². The quantitative estimate of drug-likeness (QED) is 0.177. The summed E-state index contributed by atoms with van der Waals surface area (Å²) in [7, 11) is 0. The molecular weight excluding hydrogens is 637 g/mol. The highest BCUT2D eigenvalue weighted by atomic mass is 32.1. The molecule has 0 amide bonds. The molecule has 0 fully saturated rings. The Labute approximate surface area is 298 Å². The fourth-order valence-electron chi connectivity index (χ4n) is 8.18. The number of thiophene rings is 1. The van der Waals surface area contributed by atoms with E-state index < -0.39 is 0 Å². The van der Waals surface area contributed by atoms with Crippen molar-refractivity contribution in [2.24, 2.45) is 0 Å². The number of hydrogen-bond acceptors (Lipinski definition) is 1. The van der Waals surface area contributed by atoms with Gasteiger partial charge in [-0.1, -0.05) is 127 Å². The zero-order chi connectivity index (χ0) is 33.5. The first-order valence-corrected chi connectivity index (χ1v) is 18.3. The number of hydrogen-bond donors (Lipinski definition) is 0. The van der Waals surface area contributed by atoms with Crippen LogP contribution in [0.1, 0.15) is 0 Å². The van der Waals surface area contributed by atoms with Crippen molar-refractivity contribution in [3.8, 4) is 33.6 Å². The lowest BCUT2D eigenvalue weighted by atomic mass is 10.0. The number of para-hydroxylation sites is 2. The fourth-order valence-corrected chi connectivity index (χ4v) is 9.42. The molecule has 238 valence electrons. The van der Waals surface area contributed by atoms with E-state index in [0.717, 1.165) is 11.4 Å². The van der Waals surface area contributed by atoms with Gasteiger partial charge >= 0.3 is 0 Å². The molecular formula is C48H30N2S. The maximum atomic E-state index is 2.47. The Morgan fingerprint density at radius 2 is 0.863 bits per heavy atom. The summed E-state index contributed by atoms with van der Waals surface area (Å²) in [5, 5.41) is 7.74. The minimum atomic E-state index is 1.15. The third-order valence-corrected chi connectivity index (χ3v) is 11.7. The molecule has 0 radical (unpaired) electrons. The zero-order valence-electron chi connectivity index (χ0n) is 27.6. The standard InChI is InChI=1S/C48H30N2S/c1-3-11-31(12-4-1)33-19-22-35(23-20-33)49-44-27-26-39-41-29-34(32-13-5-2-6-14-32)21-28-46(41)51-48(39)47(44)40-25-24-36(30-45(40)49)50-42-17-9-7-15-37(42)38-16-8-10-18-43(38)50/h1-30H. The van der Waals surface area contributed by atoms with Gasteiger partial charge in [0.2, 0.25) is 0 Å². The smallest absolute Gasteiger partial charge is 0.0562 e. The highest BCUT2D eigenvalue weighted by Gasteiger charge is 2.20. The SMILES string of the molecule is c1ccc(-c2ccc(-n3c4cc(-n5c6ccccc6c6ccccc65)ccc4c4c5sc6ccc(-c7ccccc7)cc6c5ccc43)cc2)cc1. The van der Waals surface area contributed by atoms with Crippen LogP contribution in [-0.2, 0) is 0 Å². The molecule has 0 saturated carbocycles. The second kappa shape index (κ2) is 11.0. The Morgan fingerprint density at radius 1 is 0.314 bits per heavy atom. The lowest BCUT2D eigenvalue weighted by molar-refractivity contribution is 1.15. The number of rotatable bonds is 4. The topological polar surface area (TPSA) is 9.86 Å². The summed E-state index contributed by atoms with van der Waals surface area (Å²) in [6, 6.07) is 66.6. The molecule has 3 aromatic heterocycles. The highest BCUT2D eigenvalue weighted by molar-refractivity contribution is 7.26. The van der Waals surface area contributed by atoms with Crippen molar-refractivity contribution >= 4 is 75.1 Å². The van der Waals surface area contributed by atoms with Crippen LogP contribution in [0, 0.1) is 0 Å². The molecule has 0 spiro atoms. The van der Waals surface area contributed by atoms with E-state index in [9.17, 15) is 0 Å². The van der Waals surface area contributed by atoms with E-state index in [0.29, 0.717) is 0 Å². The van der Waals surface area contributed by atoms with Gasteiger partial charge in [0.25, 0.3) is 0 Å². The number of benzene rings is 8. The molecule has 0 N–H and O–H groups in total. The Kier molecular flexibility index (Phi) is 6.16. The molecule has 11 aromatic rings. The maximum absolute atomic E-state index is 2.47. The predicted molar refractivity (Wildman–Crippen MR) is 219 cm³/mol. The monoisotopic (exact) mass is 666 g/mol. The summed E-state index contributed by atoms with van der Waals surface area (Å²) in [6.45, 7) is 0. The molecule has 0 unspecified atom stereocenters. The van der Waals surface area contributed by atoms with E-state index in [-0.39, 0.29) is 0 Å². The lowest BCUT2D eigenvalue weighted by Gasteiger charge is -2.12. The molecule has 8 aromatic carbocycles. The largest absolute Gasteiger partial charge is 0.309 e. The van der Waals surface area contributed by atoms with Crippen LogP contribution in [0.2, 0.25) is 0 Å². The molecule has 11 rings (SSSR count). The molecule has 0 aliphatic heterocycles. The van der Waals surface area contributed by atoms with Gasteiger partial charge in [-0.2, -0.15) is 0 Å². The molecule has 0 saturated heterocycles. The average Bonchev–Trinajstić information content (AvgIpc) is 3.86. The Bertz CT molecular complexity index is 3050. The van der Waals surface area contributed by atoms with Gasteiger partial charge in [-0.15, -0.1) is 11.3 Å². The summed E-state index contributed by atoms with van der Waals surface area (Å²) in [5.41, 5.74) is 12.1. The van der Waals surface area contributed by atoms with Crippen molar-refractivity contribution in [1.29, 1.82) is 0 Å².